The van der Waals surface area contributed by atoms with E-state index in [2.05, 4.69) is 14.7 Å². The van der Waals surface area contributed by atoms with E-state index in [1.807, 2.05) is 0 Å². The lowest BCUT2D eigenvalue weighted by molar-refractivity contribution is -0.0960. The summed E-state index contributed by atoms with van der Waals surface area (Å²) in [7, 11) is -0.716. The van der Waals surface area contributed by atoms with Gasteiger partial charge in [0.15, 0.2) is 11.3 Å². The Labute approximate surface area is 94.2 Å². The van der Waals surface area contributed by atoms with Gasteiger partial charge < -0.3 is 14.5 Å². The lowest BCUT2D eigenvalue weighted by Crippen LogP contribution is -2.34. The lowest BCUT2D eigenvalue weighted by atomic mass is 10.6. The molecule has 0 aliphatic heterocycles. The van der Waals surface area contributed by atoms with E-state index in [-0.39, 0.29) is 11.6 Å². The number of aryl methyl sites for hydroxylation is 1. The summed E-state index contributed by atoms with van der Waals surface area (Å²) in [5.74, 6) is 0.537. The standard InChI is InChI=1S/C8H15N3O4S/c1-6-9-4-7(11-6)16(12,13)10-5-8(14-2)15-3/h4,8,10H,5H2,1-3H3,(H,9,11). The van der Waals surface area contributed by atoms with Crippen LogP contribution in [0, 0.1) is 6.92 Å². The summed E-state index contributed by atoms with van der Waals surface area (Å²) in [6.45, 7) is 1.71. The molecule has 0 aliphatic rings. The summed E-state index contributed by atoms with van der Waals surface area (Å²) in [4.78, 5) is 6.45. The third-order valence-electron chi connectivity index (χ3n) is 1.93. The van der Waals surface area contributed by atoms with Gasteiger partial charge in [0, 0.05) is 14.2 Å². The molecule has 1 aromatic rings. The van der Waals surface area contributed by atoms with E-state index in [9.17, 15) is 8.42 Å². The van der Waals surface area contributed by atoms with Gasteiger partial charge in [-0.2, -0.15) is 0 Å². The van der Waals surface area contributed by atoms with Crippen LogP contribution in [0.4, 0.5) is 0 Å². The molecule has 0 bridgehead atoms. The Balaban J connectivity index is 2.66. The zero-order valence-corrected chi connectivity index (χ0v) is 10.2. The fourth-order valence-corrected chi connectivity index (χ4v) is 2.04. The maximum absolute atomic E-state index is 11.7. The first-order valence-electron chi connectivity index (χ1n) is 4.56. The molecule has 0 fully saturated rings. The Hall–Kier alpha value is -0.960. The van der Waals surface area contributed by atoms with Crippen LogP contribution in [0.3, 0.4) is 0 Å². The molecular formula is C8H15N3O4S. The average Bonchev–Trinajstić information content (AvgIpc) is 2.67. The Morgan fingerprint density at radius 3 is 2.56 bits per heavy atom. The Morgan fingerprint density at radius 1 is 1.50 bits per heavy atom. The van der Waals surface area contributed by atoms with E-state index in [4.69, 9.17) is 9.47 Å². The first kappa shape index (κ1) is 13.1. The fraction of sp³-hybridized carbons (Fsp3) is 0.625. The number of nitrogens with zero attached hydrogens (tertiary/aromatic N) is 1. The molecule has 0 amide bonds. The summed E-state index contributed by atoms with van der Waals surface area (Å²) in [6, 6.07) is 0. The van der Waals surface area contributed by atoms with E-state index < -0.39 is 16.3 Å². The smallest absolute Gasteiger partial charge is 0.257 e. The van der Waals surface area contributed by atoms with Crippen molar-refractivity contribution < 1.29 is 17.9 Å². The van der Waals surface area contributed by atoms with E-state index in [1.54, 1.807) is 6.92 Å². The molecule has 1 rings (SSSR count). The van der Waals surface area contributed by atoms with Crippen molar-refractivity contribution in [1.82, 2.24) is 14.7 Å². The van der Waals surface area contributed by atoms with Crippen LogP contribution in [0.1, 0.15) is 5.82 Å². The number of hydrogen-bond acceptors (Lipinski definition) is 5. The topological polar surface area (TPSA) is 93.3 Å². The predicted octanol–water partition coefficient (Wildman–Crippen LogP) is -0.385. The van der Waals surface area contributed by atoms with Crippen molar-refractivity contribution >= 4 is 10.0 Å². The molecule has 7 nitrogen and oxygen atoms in total. The number of H-pyrrole nitrogens is 1. The van der Waals surface area contributed by atoms with Crippen LogP contribution >= 0.6 is 0 Å². The molecule has 16 heavy (non-hydrogen) atoms. The number of methoxy groups -OCH3 is 2. The van der Waals surface area contributed by atoms with Gasteiger partial charge in [0.25, 0.3) is 10.0 Å². The van der Waals surface area contributed by atoms with Crippen molar-refractivity contribution in [2.24, 2.45) is 0 Å². The average molecular weight is 249 g/mol. The number of rotatable bonds is 6. The number of ether oxygens (including phenoxy) is 2. The van der Waals surface area contributed by atoms with E-state index in [1.165, 1.54) is 20.4 Å². The molecule has 0 aromatic carbocycles. The van der Waals surface area contributed by atoms with Crippen molar-refractivity contribution in [2.45, 2.75) is 18.2 Å². The highest BCUT2D eigenvalue weighted by Crippen LogP contribution is 2.04. The van der Waals surface area contributed by atoms with E-state index >= 15 is 0 Å². The summed E-state index contributed by atoms with van der Waals surface area (Å²) in [5.41, 5.74) is 0. The number of sulfonamides is 1. The normalized spacial score (nSPS) is 12.2. The van der Waals surface area contributed by atoms with Gasteiger partial charge in [0.1, 0.15) is 5.82 Å². The summed E-state index contributed by atoms with van der Waals surface area (Å²) < 4.78 is 35.4. The number of nitrogens with one attached hydrogen (secondary N) is 2. The van der Waals surface area contributed by atoms with Gasteiger partial charge in [-0.3, -0.25) is 0 Å². The van der Waals surface area contributed by atoms with Gasteiger partial charge in [-0.15, -0.1) is 0 Å². The molecule has 92 valence electrons. The number of aromatic nitrogens is 2. The van der Waals surface area contributed by atoms with Crippen LogP contribution in [-0.2, 0) is 19.5 Å². The van der Waals surface area contributed by atoms with Crippen molar-refractivity contribution in [2.75, 3.05) is 20.8 Å². The SMILES string of the molecule is COC(CNS(=O)(=O)c1cnc(C)[nH]1)OC. The summed E-state index contributed by atoms with van der Waals surface area (Å²) >= 11 is 0. The minimum absolute atomic E-state index is 0.0240. The lowest BCUT2D eigenvalue weighted by Gasteiger charge is -2.13. The monoisotopic (exact) mass is 249 g/mol. The minimum atomic E-state index is -3.58. The Morgan fingerprint density at radius 2 is 2.12 bits per heavy atom. The molecule has 0 saturated carbocycles. The van der Waals surface area contributed by atoms with Crippen LogP contribution < -0.4 is 4.72 Å². The van der Waals surface area contributed by atoms with Crippen LogP contribution in [0.15, 0.2) is 11.2 Å². The number of aromatic amines is 1. The van der Waals surface area contributed by atoms with Gasteiger partial charge >= 0.3 is 0 Å². The fourth-order valence-electron chi connectivity index (χ4n) is 1.05. The largest absolute Gasteiger partial charge is 0.355 e. The van der Waals surface area contributed by atoms with Crippen molar-refractivity contribution in [3.05, 3.63) is 12.0 Å². The molecular weight excluding hydrogens is 234 g/mol. The maximum Gasteiger partial charge on any atom is 0.257 e. The summed E-state index contributed by atoms with van der Waals surface area (Å²) in [6.07, 6.45) is 0.644. The van der Waals surface area contributed by atoms with Crippen LogP contribution in [0.25, 0.3) is 0 Å². The first-order valence-corrected chi connectivity index (χ1v) is 6.04. The molecule has 0 atom stereocenters. The second-order valence-corrected chi connectivity index (χ2v) is 4.82. The molecule has 2 N–H and O–H groups in total. The first-order chi connectivity index (χ1) is 7.49. The Bertz CT molecular complexity index is 424. The molecule has 0 unspecified atom stereocenters. The summed E-state index contributed by atoms with van der Waals surface area (Å²) in [5, 5.41) is 0.0240. The molecule has 0 aliphatic carbocycles. The zero-order chi connectivity index (χ0) is 12.2. The van der Waals surface area contributed by atoms with Crippen LogP contribution in [0.5, 0.6) is 0 Å². The molecule has 0 radical (unpaired) electrons. The minimum Gasteiger partial charge on any atom is -0.355 e. The second-order valence-electron chi connectivity index (χ2n) is 3.09. The number of imidazole rings is 1. The second kappa shape index (κ2) is 5.39. The van der Waals surface area contributed by atoms with E-state index in [0.717, 1.165) is 0 Å². The maximum atomic E-state index is 11.7. The van der Waals surface area contributed by atoms with E-state index in [0.29, 0.717) is 5.82 Å². The highest BCUT2D eigenvalue weighted by molar-refractivity contribution is 7.89. The third-order valence-corrected chi connectivity index (χ3v) is 3.27. The van der Waals surface area contributed by atoms with Gasteiger partial charge in [-0.25, -0.2) is 18.1 Å². The number of hydrogen-bond donors (Lipinski definition) is 2. The van der Waals surface area contributed by atoms with Gasteiger partial charge in [0.2, 0.25) is 0 Å². The van der Waals surface area contributed by atoms with Crippen molar-refractivity contribution in [3.8, 4) is 0 Å². The quantitative estimate of drug-likeness (QED) is 0.670. The van der Waals surface area contributed by atoms with Gasteiger partial charge in [-0.1, -0.05) is 0 Å². The molecule has 8 heteroatoms. The van der Waals surface area contributed by atoms with Crippen molar-refractivity contribution in [3.63, 3.8) is 0 Å². The molecule has 1 heterocycles. The van der Waals surface area contributed by atoms with Crippen LogP contribution in [-0.4, -0.2) is 45.4 Å². The molecule has 0 spiro atoms. The molecule has 0 saturated heterocycles. The predicted molar refractivity (Wildman–Crippen MR) is 56.3 cm³/mol. The van der Waals surface area contributed by atoms with Gasteiger partial charge in [-0.05, 0) is 6.92 Å². The zero-order valence-electron chi connectivity index (χ0n) is 9.35. The Kier molecular flexibility index (Phi) is 4.42. The van der Waals surface area contributed by atoms with Crippen LogP contribution in [0.2, 0.25) is 0 Å². The third kappa shape index (κ3) is 3.27. The van der Waals surface area contributed by atoms with Crippen molar-refractivity contribution in [1.29, 1.82) is 0 Å². The highest BCUT2D eigenvalue weighted by atomic mass is 32.2. The molecule has 1 aromatic heterocycles. The highest BCUT2D eigenvalue weighted by Gasteiger charge is 2.18. The van der Waals surface area contributed by atoms with Gasteiger partial charge in [0.05, 0.1) is 12.7 Å².